The number of benzene rings is 2. The molecule has 21 heavy (non-hydrogen) atoms. The minimum Gasteiger partial charge on any atom is -0.341 e. The molecule has 2 amide bonds. The summed E-state index contributed by atoms with van der Waals surface area (Å²) in [7, 11) is 0. The first-order valence-corrected chi connectivity index (χ1v) is 7.28. The van der Waals surface area contributed by atoms with E-state index >= 15 is 0 Å². The molecule has 0 aliphatic rings. The second-order valence-electron chi connectivity index (χ2n) is 4.57. The minimum absolute atomic E-state index is 0.230. The molecule has 0 fully saturated rings. The van der Waals surface area contributed by atoms with E-state index in [4.69, 9.17) is 0 Å². The molecule has 0 radical (unpaired) electrons. The summed E-state index contributed by atoms with van der Waals surface area (Å²) in [4.78, 5) is 23.7. The van der Waals surface area contributed by atoms with Crippen LogP contribution >= 0.6 is 15.9 Å². The predicted molar refractivity (Wildman–Crippen MR) is 85.8 cm³/mol. The van der Waals surface area contributed by atoms with E-state index in [1.807, 2.05) is 43.3 Å². The Morgan fingerprint density at radius 2 is 1.71 bits per heavy atom. The number of carbonyl (C=O) groups excluding carboxylic acids is 2. The Kier molecular flexibility index (Phi) is 5.11. The highest BCUT2D eigenvalue weighted by Gasteiger charge is 2.17. The average molecular weight is 347 g/mol. The zero-order chi connectivity index (χ0) is 15.2. The van der Waals surface area contributed by atoms with E-state index in [-0.39, 0.29) is 6.04 Å². The zero-order valence-corrected chi connectivity index (χ0v) is 13.1. The van der Waals surface area contributed by atoms with Crippen LogP contribution in [0.3, 0.4) is 0 Å². The largest absolute Gasteiger partial charge is 0.341 e. The summed E-state index contributed by atoms with van der Waals surface area (Å²) in [6.07, 6.45) is 0. The Morgan fingerprint density at radius 1 is 1.00 bits per heavy atom. The van der Waals surface area contributed by atoms with Gasteiger partial charge in [-0.15, -0.1) is 0 Å². The third-order valence-corrected chi connectivity index (χ3v) is 3.43. The van der Waals surface area contributed by atoms with E-state index in [0.717, 1.165) is 10.0 Å². The summed E-state index contributed by atoms with van der Waals surface area (Å²) in [6, 6.07) is 16.3. The molecule has 0 bridgehead atoms. The topological polar surface area (TPSA) is 58.2 Å². The lowest BCUT2D eigenvalue weighted by Gasteiger charge is -2.14. The number of hydrogen-bond donors (Lipinski definition) is 2. The number of carbonyl (C=O) groups is 2. The van der Waals surface area contributed by atoms with Gasteiger partial charge in [-0.2, -0.15) is 0 Å². The lowest BCUT2D eigenvalue weighted by Crippen LogP contribution is -2.36. The molecule has 0 aliphatic heterocycles. The lowest BCUT2D eigenvalue weighted by atomic mass is 10.1. The number of halogens is 1. The van der Waals surface area contributed by atoms with Gasteiger partial charge < -0.3 is 10.6 Å². The van der Waals surface area contributed by atoms with Gasteiger partial charge in [0.05, 0.1) is 6.04 Å². The molecule has 2 aromatic rings. The number of rotatable bonds is 3. The summed E-state index contributed by atoms with van der Waals surface area (Å²) in [5.41, 5.74) is 1.51. The van der Waals surface area contributed by atoms with Crippen LogP contribution in [0.1, 0.15) is 18.5 Å². The van der Waals surface area contributed by atoms with Crippen molar-refractivity contribution < 1.29 is 9.59 Å². The smallest absolute Gasteiger partial charge is 0.313 e. The second kappa shape index (κ2) is 7.04. The first-order chi connectivity index (χ1) is 10.1. The van der Waals surface area contributed by atoms with Crippen molar-refractivity contribution in [2.45, 2.75) is 13.0 Å². The van der Waals surface area contributed by atoms with E-state index in [9.17, 15) is 9.59 Å². The van der Waals surface area contributed by atoms with E-state index in [0.29, 0.717) is 5.69 Å². The van der Waals surface area contributed by atoms with Crippen molar-refractivity contribution in [2.75, 3.05) is 5.32 Å². The molecule has 108 valence electrons. The van der Waals surface area contributed by atoms with Crippen molar-refractivity contribution in [3.8, 4) is 0 Å². The van der Waals surface area contributed by atoms with Gasteiger partial charge in [0.15, 0.2) is 0 Å². The van der Waals surface area contributed by atoms with Crippen LogP contribution in [0.15, 0.2) is 59.1 Å². The van der Waals surface area contributed by atoms with Gasteiger partial charge in [-0.25, -0.2) is 0 Å². The monoisotopic (exact) mass is 346 g/mol. The standard InChI is InChI=1S/C16H15BrN2O2/c1-11(12-6-3-2-4-7-12)18-15(20)16(21)19-14-9-5-8-13(17)10-14/h2-11H,1H3,(H,18,20)(H,19,21). The van der Waals surface area contributed by atoms with Crippen LogP contribution in [0.25, 0.3) is 0 Å². The van der Waals surface area contributed by atoms with Gasteiger partial charge in [0.2, 0.25) is 0 Å². The summed E-state index contributed by atoms with van der Waals surface area (Å²) >= 11 is 3.31. The fourth-order valence-corrected chi connectivity index (χ4v) is 2.24. The van der Waals surface area contributed by atoms with Gasteiger partial charge in [0, 0.05) is 10.2 Å². The van der Waals surface area contributed by atoms with Crippen molar-refractivity contribution in [1.82, 2.24) is 5.32 Å². The predicted octanol–water partition coefficient (Wildman–Crippen LogP) is 3.27. The van der Waals surface area contributed by atoms with Crippen LogP contribution in [-0.2, 0) is 9.59 Å². The van der Waals surface area contributed by atoms with E-state index in [2.05, 4.69) is 26.6 Å². The first-order valence-electron chi connectivity index (χ1n) is 6.48. The molecule has 2 aromatic carbocycles. The van der Waals surface area contributed by atoms with Gasteiger partial charge in [0.25, 0.3) is 0 Å². The SMILES string of the molecule is CC(NC(=O)C(=O)Nc1cccc(Br)c1)c1ccccc1. The summed E-state index contributed by atoms with van der Waals surface area (Å²) in [5, 5.41) is 5.23. The molecule has 0 saturated heterocycles. The highest BCUT2D eigenvalue weighted by molar-refractivity contribution is 9.10. The van der Waals surface area contributed by atoms with Crippen LogP contribution in [-0.4, -0.2) is 11.8 Å². The molecular weight excluding hydrogens is 332 g/mol. The van der Waals surface area contributed by atoms with Crippen LogP contribution in [0.2, 0.25) is 0 Å². The maximum Gasteiger partial charge on any atom is 0.313 e. The third kappa shape index (κ3) is 4.43. The summed E-state index contributed by atoms with van der Waals surface area (Å²) in [5.74, 6) is -1.35. The van der Waals surface area contributed by atoms with Crippen molar-refractivity contribution in [2.24, 2.45) is 0 Å². The fraction of sp³-hybridized carbons (Fsp3) is 0.125. The maximum atomic E-state index is 11.9. The van der Waals surface area contributed by atoms with Crippen molar-refractivity contribution in [1.29, 1.82) is 0 Å². The van der Waals surface area contributed by atoms with Crippen molar-refractivity contribution in [3.05, 3.63) is 64.6 Å². The average Bonchev–Trinajstić information content (AvgIpc) is 2.48. The number of nitrogens with one attached hydrogen (secondary N) is 2. The number of amides is 2. The third-order valence-electron chi connectivity index (χ3n) is 2.94. The van der Waals surface area contributed by atoms with Gasteiger partial charge in [0.1, 0.15) is 0 Å². The van der Waals surface area contributed by atoms with E-state index < -0.39 is 11.8 Å². The molecule has 1 unspecified atom stereocenters. The van der Waals surface area contributed by atoms with Crippen LogP contribution in [0.5, 0.6) is 0 Å². The lowest BCUT2D eigenvalue weighted by molar-refractivity contribution is -0.136. The molecule has 5 heteroatoms. The maximum absolute atomic E-state index is 11.9. The molecule has 0 spiro atoms. The summed E-state index contributed by atoms with van der Waals surface area (Å²) in [6.45, 7) is 1.83. The first kappa shape index (κ1) is 15.3. The number of anilines is 1. The Labute approximate surface area is 131 Å². The molecule has 0 aromatic heterocycles. The van der Waals surface area contributed by atoms with E-state index in [1.54, 1.807) is 18.2 Å². The number of hydrogen-bond acceptors (Lipinski definition) is 2. The molecule has 2 N–H and O–H groups in total. The van der Waals surface area contributed by atoms with Crippen molar-refractivity contribution in [3.63, 3.8) is 0 Å². The molecule has 2 rings (SSSR count). The zero-order valence-electron chi connectivity index (χ0n) is 11.5. The molecule has 4 nitrogen and oxygen atoms in total. The van der Waals surface area contributed by atoms with Crippen LogP contribution in [0, 0.1) is 0 Å². The Balaban J connectivity index is 1.95. The highest BCUT2D eigenvalue weighted by Crippen LogP contribution is 2.16. The van der Waals surface area contributed by atoms with Crippen LogP contribution < -0.4 is 10.6 Å². The highest BCUT2D eigenvalue weighted by atomic mass is 79.9. The fourth-order valence-electron chi connectivity index (χ4n) is 1.84. The molecule has 0 aliphatic carbocycles. The Hall–Kier alpha value is -2.14. The quantitative estimate of drug-likeness (QED) is 0.838. The Morgan fingerprint density at radius 3 is 2.38 bits per heavy atom. The molecular formula is C16H15BrN2O2. The molecule has 1 atom stereocenters. The molecule has 0 heterocycles. The van der Waals surface area contributed by atoms with Gasteiger partial charge in [-0.3, -0.25) is 9.59 Å². The normalized spacial score (nSPS) is 11.5. The summed E-state index contributed by atoms with van der Waals surface area (Å²) < 4.78 is 0.832. The van der Waals surface area contributed by atoms with Gasteiger partial charge in [-0.1, -0.05) is 52.3 Å². The minimum atomic E-state index is -0.684. The Bertz CT molecular complexity index is 644. The van der Waals surface area contributed by atoms with Gasteiger partial charge >= 0.3 is 11.8 Å². The second-order valence-corrected chi connectivity index (χ2v) is 5.49. The van der Waals surface area contributed by atoms with E-state index in [1.165, 1.54) is 0 Å². The van der Waals surface area contributed by atoms with Crippen LogP contribution in [0.4, 0.5) is 5.69 Å². The molecule has 0 saturated carbocycles. The van der Waals surface area contributed by atoms with Crippen molar-refractivity contribution >= 4 is 33.4 Å². The van der Waals surface area contributed by atoms with Gasteiger partial charge in [-0.05, 0) is 30.7 Å².